The summed E-state index contributed by atoms with van der Waals surface area (Å²) in [6.45, 7) is 6.42. The van der Waals surface area contributed by atoms with E-state index in [9.17, 15) is 0 Å². The van der Waals surface area contributed by atoms with Gasteiger partial charge in [0.15, 0.2) is 0 Å². The van der Waals surface area contributed by atoms with Gasteiger partial charge in [0.25, 0.3) is 0 Å². The van der Waals surface area contributed by atoms with Crippen LogP contribution in [0.5, 0.6) is 0 Å². The van der Waals surface area contributed by atoms with E-state index in [-0.39, 0.29) is 0 Å². The molecule has 2 aliphatic rings. The van der Waals surface area contributed by atoms with Crippen LogP contribution in [0.25, 0.3) is 0 Å². The van der Waals surface area contributed by atoms with E-state index in [2.05, 4.69) is 10.2 Å². The highest BCUT2D eigenvalue weighted by molar-refractivity contribution is 4.69. The molecule has 2 fully saturated rings. The maximum Gasteiger partial charge on any atom is 0.0107 e. The van der Waals surface area contributed by atoms with Crippen LogP contribution in [0.3, 0.4) is 0 Å². The average Bonchev–Trinajstić information content (AvgIpc) is 2.38. The fourth-order valence-corrected chi connectivity index (χ4v) is 3.47. The van der Waals surface area contributed by atoms with Crippen molar-refractivity contribution in [3.8, 4) is 0 Å². The van der Waals surface area contributed by atoms with Crippen LogP contribution < -0.4 is 5.32 Å². The molecule has 2 heteroatoms. The number of hydrogen-bond donors (Lipinski definition) is 1. The highest BCUT2D eigenvalue weighted by Crippen LogP contribution is 2.22. The molecule has 0 aromatic rings. The first-order valence-electron chi connectivity index (χ1n) is 8.38. The first kappa shape index (κ1) is 14.3. The lowest BCUT2D eigenvalue weighted by molar-refractivity contribution is 0.243. The van der Waals surface area contributed by atoms with E-state index in [1.165, 1.54) is 96.9 Å². The molecule has 0 amide bonds. The molecular weight excluding hydrogens is 220 g/mol. The lowest BCUT2D eigenvalue weighted by Crippen LogP contribution is -2.36. The van der Waals surface area contributed by atoms with Crippen LogP contribution in [0.1, 0.15) is 64.2 Å². The maximum atomic E-state index is 3.70. The summed E-state index contributed by atoms with van der Waals surface area (Å²) >= 11 is 0. The predicted octanol–water partition coefficient (Wildman–Crippen LogP) is 3.42. The molecule has 18 heavy (non-hydrogen) atoms. The van der Waals surface area contributed by atoms with Gasteiger partial charge in [-0.3, -0.25) is 0 Å². The Kier molecular flexibility index (Phi) is 7.11. The van der Waals surface area contributed by atoms with Crippen molar-refractivity contribution in [2.24, 2.45) is 5.92 Å². The quantitative estimate of drug-likeness (QED) is 0.754. The first-order valence-corrected chi connectivity index (χ1v) is 8.38. The number of hydrogen-bond acceptors (Lipinski definition) is 2. The lowest BCUT2D eigenvalue weighted by atomic mass is 9.89. The summed E-state index contributed by atoms with van der Waals surface area (Å²) in [7, 11) is 0. The van der Waals surface area contributed by atoms with Crippen molar-refractivity contribution in [2.75, 3.05) is 32.7 Å². The van der Waals surface area contributed by atoms with Gasteiger partial charge in [-0.2, -0.15) is 0 Å². The molecule has 0 radical (unpaired) electrons. The van der Waals surface area contributed by atoms with E-state index >= 15 is 0 Å². The molecule has 2 rings (SSSR count). The van der Waals surface area contributed by atoms with Crippen molar-refractivity contribution in [1.29, 1.82) is 0 Å². The summed E-state index contributed by atoms with van der Waals surface area (Å²) in [6, 6.07) is 0. The molecule has 1 saturated carbocycles. The van der Waals surface area contributed by atoms with Gasteiger partial charge in [-0.05, 0) is 51.2 Å². The van der Waals surface area contributed by atoms with E-state index in [0.717, 1.165) is 5.92 Å². The third-order valence-electron chi connectivity index (χ3n) is 4.71. The zero-order chi connectivity index (χ0) is 12.5. The second-order valence-electron chi connectivity index (χ2n) is 6.32. The highest BCUT2D eigenvalue weighted by atomic mass is 15.1. The van der Waals surface area contributed by atoms with Crippen molar-refractivity contribution in [2.45, 2.75) is 64.2 Å². The van der Waals surface area contributed by atoms with Gasteiger partial charge in [0, 0.05) is 13.1 Å². The Morgan fingerprint density at radius 2 is 1.39 bits per heavy atom. The molecule has 0 spiro atoms. The van der Waals surface area contributed by atoms with Gasteiger partial charge in [-0.1, -0.05) is 38.5 Å². The van der Waals surface area contributed by atoms with Crippen molar-refractivity contribution in [3.05, 3.63) is 0 Å². The zero-order valence-corrected chi connectivity index (χ0v) is 12.1. The molecule has 106 valence electrons. The Balaban J connectivity index is 1.50. The van der Waals surface area contributed by atoms with E-state index in [1.807, 2.05) is 0 Å². The first-order chi connectivity index (χ1) is 8.95. The second kappa shape index (κ2) is 8.92. The molecule has 0 aromatic carbocycles. The van der Waals surface area contributed by atoms with Gasteiger partial charge >= 0.3 is 0 Å². The van der Waals surface area contributed by atoms with Crippen LogP contribution in [-0.2, 0) is 0 Å². The van der Waals surface area contributed by atoms with E-state index in [1.54, 1.807) is 0 Å². The minimum absolute atomic E-state index is 0.978. The summed E-state index contributed by atoms with van der Waals surface area (Å²) in [5.41, 5.74) is 0. The third kappa shape index (κ3) is 5.71. The molecule has 2 nitrogen and oxygen atoms in total. The normalized spacial score (nSPS) is 24.7. The Labute approximate surface area is 114 Å². The summed E-state index contributed by atoms with van der Waals surface area (Å²) in [5, 5.41) is 3.70. The van der Waals surface area contributed by atoms with Crippen LogP contribution in [0.4, 0.5) is 0 Å². The predicted molar refractivity (Wildman–Crippen MR) is 79.0 cm³/mol. The van der Waals surface area contributed by atoms with Crippen LogP contribution in [-0.4, -0.2) is 37.6 Å². The average molecular weight is 252 g/mol. The summed E-state index contributed by atoms with van der Waals surface area (Å²) in [6.07, 6.45) is 14.6. The Bertz CT molecular complexity index is 191. The minimum Gasteiger partial charge on any atom is -0.315 e. The fraction of sp³-hybridized carbons (Fsp3) is 1.00. The highest BCUT2D eigenvalue weighted by Gasteiger charge is 2.13. The van der Waals surface area contributed by atoms with Crippen LogP contribution in [0, 0.1) is 5.92 Å². The van der Waals surface area contributed by atoms with E-state index in [4.69, 9.17) is 0 Å². The molecule has 0 unspecified atom stereocenters. The van der Waals surface area contributed by atoms with Gasteiger partial charge in [0.1, 0.15) is 0 Å². The van der Waals surface area contributed by atoms with Crippen molar-refractivity contribution >= 4 is 0 Å². The molecular formula is C16H32N2. The molecule has 1 N–H and O–H groups in total. The zero-order valence-electron chi connectivity index (χ0n) is 12.1. The Morgan fingerprint density at radius 3 is 2.11 bits per heavy atom. The van der Waals surface area contributed by atoms with E-state index in [0.29, 0.717) is 0 Å². The van der Waals surface area contributed by atoms with Gasteiger partial charge in [-0.25, -0.2) is 0 Å². The number of rotatable bonds is 5. The van der Waals surface area contributed by atoms with Crippen LogP contribution in [0.15, 0.2) is 0 Å². The monoisotopic (exact) mass is 252 g/mol. The third-order valence-corrected chi connectivity index (χ3v) is 4.71. The van der Waals surface area contributed by atoms with Gasteiger partial charge in [0.05, 0.1) is 0 Å². The molecule has 0 aromatic heterocycles. The smallest absolute Gasteiger partial charge is 0.0107 e. The largest absolute Gasteiger partial charge is 0.315 e. The second-order valence-corrected chi connectivity index (χ2v) is 6.32. The number of likely N-dealkylation sites (tertiary alicyclic amines) is 1. The molecule has 1 heterocycles. The Hall–Kier alpha value is -0.0800. The van der Waals surface area contributed by atoms with Crippen molar-refractivity contribution in [1.82, 2.24) is 10.2 Å². The minimum atomic E-state index is 0.978. The maximum absolute atomic E-state index is 3.70. The standard InChI is InChI=1S/C16H32N2/c1-2-7-12-18(13-8-3-1)14-11-17-15-16-9-5-4-6-10-16/h16-17H,1-15H2. The lowest BCUT2D eigenvalue weighted by Gasteiger charge is -2.26. The van der Waals surface area contributed by atoms with Crippen LogP contribution in [0.2, 0.25) is 0 Å². The summed E-state index contributed by atoms with van der Waals surface area (Å²) in [5.74, 6) is 0.978. The molecule has 1 saturated heterocycles. The topological polar surface area (TPSA) is 15.3 Å². The van der Waals surface area contributed by atoms with Gasteiger partial charge in [0.2, 0.25) is 0 Å². The molecule has 0 atom stereocenters. The molecule has 0 bridgehead atoms. The SMILES string of the molecule is C1CCCN(CCNCC2CCCCC2)CCC1. The number of nitrogens with zero attached hydrogens (tertiary/aromatic N) is 1. The van der Waals surface area contributed by atoms with Crippen molar-refractivity contribution in [3.63, 3.8) is 0 Å². The van der Waals surface area contributed by atoms with Gasteiger partial charge in [-0.15, -0.1) is 0 Å². The van der Waals surface area contributed by atoms with Gasteiger partial charge < -0.3 is 10.2 Å². The van der Waals surface area contributed by atoms with Crippen LogP contribution >= 0.6 is 0 Å². The molecule has 1 aliphatic carbocycles. The molecule has 1 aliphatic heterocycles. The number of nitrogens with one attached hydrogen (secondary N) is 1. The van der Waals surface area contributed by atoms with E-state index < -0.39 is 0 Å². The van der Waals surface area contributed by atoms with Crippen molar-refractivity contribution < 1.29 is 0 Å². The summed E-state index contributed by atoms with van der Waals surface area (Å²) in [4.78, 5) is 2.67. The Morgan fingerprint density at radius 1 is 0.778 bits per heavy atom. The summed E-state index contributed by atoms with van der Waals surface area (Å²) < 4.78 is 0. The fourth-order valence-electron chi connectivity index (χ4n) is 3.47.